The molecule has 0 aliphatic rings. The molecule has 3 N–H and O–H groups in total. The molecule has 0 saturated heterocycles. The smallest absolute Gasteiger partial charge is 0.161 e. The normalized spacial score (nSPS) is 12.7. The summed E-state index contributed by atoms with van der Waals surface area (Å²) in [4.78, 5) is 4.41. The van der Waals surface area contributed by atoms with Gasteiger partial charge in [0.05, 0.1) is 19.3 Å². The van der Waals surface area contributed by atoms with Crippen molar-refractivity contribution in [1.82, 2.24) is 20.2 Å². The van der Waals surface area contributed by atoms with Gasteiger partial charge in [0.1, 0.15) is 5.69 Å². The number of nitrogens with two attached hydrogens (primary N) is 1. The highest BCUT2D eigenvalue weighted by atomic mass is 16.5. The lowest BCUT2D eigenvalue weighted by Gasteiger charge is -2.21. The molecule has 0 aromatic carbocycles. The highest BCUT2D eigenvalue weighted by Gasteiger charge is 2.24. The van der Waals surface area contributed by atoms with E-state index in [1.807, 2.05) is 30.7 Å². The first-order valence-electron chi connectivity index (χ1n) is 7.00. The summed E-state index contributed by atoms with van der Waals surface area (Å²) < 4.78 is 7.37. The highest BCUT2D eigenvalue weighted by molar-refractivity contribution is 5.37. The lowest BCUT2D eigenvalue weighted by atomic mass is 10.0. The maximum atomic E-state index is 5.82. The first-order valence-corrected chi connectivity index (χ1v) is 7.00. The zero-order valence-electron chi connectivity index (χ0n) is 13.2. The van der Waals surface area contributed by atoms with Crippen LogP contribution in [0.3, 0.4) is 0 Å². The van der Waals surface area contributed by atoms with Gasteiger partial charge in [-0.05, 0) is 45.4 Å². The third-order valence-corrected chi connectivity index (χ3v) is 3.38. The predicted octanol–water partition coefficient (Wildman–Crippen LogP) is 2.04. The summed E-state index contributed by atoms with van der Waals surface area (Å²) in [5, 5.41) is 4.41. The number of methoxy groups -OCH3 is 1. The molecule has 6 nitrogen and oxygen atoms in total. The molecule has 0 bridgehead atoms. The Balaban J connectivity index is 2.57. The van der Waals surface area contributed by atoms with Crippen molar-refractivity contribution in [3.63, 3.8) is 0 Å². The molecule has 2 aromatic rings. The van der Waals surface area contributed by atoms with Gasteiger partial charge >= 0.3 is 0 Å². The summed E-state index contributed by atoms with van der Waals surface area (Å²) >= 11 is 0. The standard InChI is InChI=1S/C15H23N5O/c1-9(2)20-15(13(21-5)8-17-20)14(19-16)12-6-10(3)18-11(4)7-12/h6-9,14,19H,16H2,1-5H3. The summed E-state index contributed by atoms with van der Waals surface area (Å²) in [7, 11) is 1.64. The van der Waals surface area contributed by atoms with Crippen molar-refractivity contribution in [2.45, 2.75) is 39.8 Å². The Bertz CT molecular complexity index is 600. The van der Waals surface area contributed by atoms with Crippen LogP contribution in [-0.2, 0) is 0 Å². The SMILES string of the molecule is COc1cnn(C(C)C)c1C(NN)c1cc(C)nc(C)c1. The summed E-state index contributed by atoms with van der Waals surface area (Å²) in [5.41, 5.74) is 6.75. The van der Waals surface area contributed by atoms with Crippen LogP contribution in [0.15, 0.2) is 18.3 Å². The lowest BCUT2D eigenvalue weighted by molar-refractivity contribution is 0.394. The van der Waals surface area contributed by atoms with Crippen LogP contribution >= 0.6 is 0 Å². The summed E-state index contributed by atoms with van der Waals surface area (Å²) in [6.07, 6.45) is 1.72. The van der Waals surface area contributed by atoms with Gasteiger partial charge in [0, 0.05) is 17.4 Å². The number of aromatic nitrogens is 3. The fraction of sp³-hybridized carbons (Fsp3) is 0.467. The zero-order chi connectivity index (χ0) is 15.6. The van der Waals surface area contributed by atoms with Gasteiger partial charge in [-0.1, -0.05) is 0 Å². The van der Waals surface area contributed by atoms with Gasteiger partial charge in [0.25, 0.3) is 0 Å². The second-order valence-corrected chi connectivity index (χ2v) is 5.42. The van der Waals surface area contributed by atoms with E-state index in [9.17, 15) is 0 Å². The van der Waals surface area contributed by atoms with Gasteiger partial charge in [-0.15, -0.1) is 0 Å². The molecule has 0 aliphatic heterocycles. The molecule has 0 amide bonds. The largest absolute Gasteiger partial charge is 0.493 e. The number of nitrogens with zero attached hydrogens (tertiary/aromatic N) is 3. The Morgan fingerprint density at radius 3 is 2.33 bits per heavy atom. The van der Waals surface area contributed by atoms with E-state index in [0.29, 0.717) is 0 Å². The van der Waals surface area contributed by atoms with Gasteiger partial charge < -0.3 is 4.74 Å². The zero-order valence-corrected chi connectivity index (χ0v) is 13.2. The second kappa shape index (κ2) is 6.24. The molecule has 1 atom stereocenters. The molecule has 2 aromatic heterocycles. The molecule has 2 rings (SSSR count). The Hall–Kier alpha value is -1.92. The summed E-state index contributed by atoms with van der Waals surface area (Å²) in [6, 6.07) is 4.05. The molecule has 21 heavy (non-hydrogen) atoms. The average Bonchev–Trinajstić information content (AvgIpc) is 2.82. The van der Waals surface area contributed by atoms with Gasteiger partial charge in [-0.2, -0.15) is 5.10 Å². The number of hydrogen-bond donors (Lipinski definition) is 2. The average molecular weight is 289 g/mol. The Morgan fingerprint density at radius 1 is 1.24 bits per heavy atom. The van der Waals surface area contributed by atoms with Crippen LogP contribution in [0.2, 0.25) is 0 Å². The monoisotopic (exact) mass is 289 g/mol. The molecule has 0 aliphatic carbocycles. The molecule has 0 spiro atoms. The number of pyridine rings is 1. The minimum atomic E-state index is -0.203. The topological polar surface area (TPSA) is 78.0 Å². The maximum absolute atomic E-state index is 5.82. The molecule has 2 heterocycles. The van der Waals surface area contributed by atoms with Crippen LogP contribution in [0.1, 0.15) is 48.6 Å². The fourth-order valence-electron chi connectivity index (χ4n) is 2.57. The van der Waals surface area contributed by atoms with Crippen molar-refractivity contribution in [3.8, 4) is 5.75 Å². The molecular weight excluding hydrogens is 266 g/mol. The quantitative estimate of drug-likeness (QED) is 0.650. The van der Waals surface area contributed by atoms with Gasteiger partial charge in [-0.25, -0.2) is 5.43 Å². The fourth-order valence-corrected chi connectivity index (χ4v) is 2.57. The predicted molar refractivity (Wildman–Crippen MR) is 82.0 cm³/mol. The van der Waals surface area contributed by atoms with Crippen LogP contribution in [0.25, 0.3) is 0 Å². The first-order chi connectivity index (χ1) is 9.97. The van der Waals surface area contributed by atoms with E-state index in [4.69, 9.17) is 10.6 Å². The maximum Gasteiger partial charge on any atom is 0.161 e. The van der Waals surface area contributed by atoms with Crippen molar-refractivity contribution in [2.75, 3.05) is 7.11 Å². The summed E-state index contributed by atoms with van der Waals surface area (Å²) in [5.74, 6) is 6.54. The van der Waals surface area contributed by atoms with Crippen LogP contribution in [0.5, 0.6) is 5.75 Å². The summed E-state index contributed by atoms with van der Waals surface area (Å²) in [6.45, 7) is 8.10. The number of rotatable bonds is 5. The number of hydrazine groups is 1. The van der Waals surface area contributed by atoms with Crippen LogP contribution in [0.4, 0.5) is 0 Å². The van der Waals surface area contributed by atoms with Crippen molar-refractivity contribution in [1.29, 1.82) is 0 Å². The molecule has 0 saturated carbocycles. The van der Waals surface area contributed by atoms with Crippen LogP contribution < -0.4 is 16.0 Å². The van der Waals surface area contributed by atoms with E-state index in [0.717, 1.165) is 28.4 Å². The van der Waals surface area contributed by atoms with Crippen LogP contribution in [0, 0.1) is 13.8 Å². The molecule has 1 unspecified atom stereocenters. The minimum absolute atomic E-state index is 0.203. The van der Waals surface area contributed by atoms with Crippen molar-refractivity contribution < 1.29 is 4.74 Å². The van der Waals surface area contributed by atoms with Gasteiger partial charge in [0.15, 0.2) is 5.75 Å². The first kappa shape index (κ1) is 15.5. The molecule has 0 radical (unpaired) electrons. The third-order valence-electron chi connectivity index (χ3n) is 3.38. The van der Waals surface area contributed by atoms with E-state index in [2.05, 4.69) is 29.4 Å². The molecular formula is C15H23N5O. The highest BCUT2D eigenvalue weighted by Crippen LogP contribution is 2.31. The van der Waals surface area contributed by atoms with Crippen molar-refractivity contribution in [3.05, 3.63) is 41.0 Å². The van der Waals surface area contributed by atoms with Crippen LogP contribution in [-0.4, -0.2) is 21.9 Å². The van der Waals surface area contributed by atoms with E-state index in [-0.39, 0.29) is 12.1 Å². The molecule has 114 valence electrons. The van der Waals surface area contributed by atoms with E-state index < -0.39 is 0 Å². The minimum Gasteiger partial charge on any atom is -0.493 e. The Labute approximate surface area is 125 Å². The number of aryl methyl sites for hydroxylation is 2. The molecule has 0 fully saturated rings. The van der Waals surface area contributed by atoms with Crippen molar-refractivity contribution in [2.24, 2.45) is 5.84 Å². The van der Waals surface area contributed by atoms with E-state index in [1.54, 1.807) is 13.3 Å². The van der Waals surface area contributed by atoms with Gasteiger partial charge in [-0.3, -0.25) is 15.5 Å². The Kier molecular flexibility index (Phi) is 4.59. The lowest BCUT2D eigenvalue weighted by Crippen LogP contribution is -2.31. The number of ether oxygens (including phenoxy) is 1. The van der Waals surface area contributed by atoms with E-state index in [1.165, 1.54) is 0 Å². The number of nitrogens with one attached hydrogen (secondary N) is 1. The number of hydrogen-bond acceptors (Lipinski definition) is 5. The van der Waals surface area contributed by atoms with E-state index >= 15 is 0 Å². The second-order valence-electron chi connectivity index (χ2n) is 5.42. The van der Waals surface area contributed by atoms with Gasteiger partial charge in [0.2, 0.25) is 0 Å². The molecule has 6 heteroatoms. The Morgan fingerprint density at radius 2 is 1.86 bits per heavy atom. The third kappa shape index (κ3) is 3.06. The van der Waals surface area contributed by atoms with Crippen molar-refractivity contribution >= 4 is 0 Å².